The number of aryl methyl sites for hydroxylation is 1. The Morgan fingerprint density at radius 1 is 1.24 bits per heavy atom. The molecule has 8 nitrogen and oxygen atoms in total. The highest BCUT2D eigenvalue weighted by atomic mass is 32.2. The van der Waals surface area contributed by atoms with Crippen LogP contribution in [0.25, 0.3) is 11.4 Å². The van der Waals surface area contributed by atoms with E-state index in [2.05, 4.69) is 24.9 Å². The number of hydrogen-bond donors (Lipinski definition) is 2. The van der Waals surface area contributed by atoms with Gasteiger partial charge in [0, 0.05) is 18.3 Å². The van der Waals surface area contributed by atoms with Crippen molar-refractivity contribution in [3.8, 4) is 17.1 Å². The first-order valence-electron chi connectivity index (χ1n) is 7.45. The number of hydrogen-bond acceptors (Lipinski definition) is 6. The molecule has 3 rings (SSSR count). The Bertz CT molecular complexity index is 970. The van der Waals surface area contributed by atoms with Gasteiger partial charge in [0.2, 0.25) is 10.0 Å². The van der Waals surface area contributed by atoms with Crippen molar-refractivity contribution in [3.63, 3.8) is 0 Å². The van der Waals surface area contributed by atoms with Crippen molar-refractivity contribution >= 4 is 10.0 Å². The Labute approximate surface area is 145 Å². The van der Waals surface area contributed by atoms with Crippen LogP contribution in [0.3, 0.4) is 0 Å². The molecule has 25 heavy (non-hydrogen) atoms. The number of sulfonamides is 1. The molecule has 3 heterocycles. The molecule has 0 saturated heterocycles. The van der Waals surface area contributed by atoms with E-state index in [0.717, 1.165) is 0 Å². The van der Waals surface area contributed by atoms with Gasteiger partial charge in [0.15, 0.2) is 0 Å². The highest BCUT2D eigenvalue weighted by Crippen LogP contribution is 2.22. The van der Waals surface area contributed by atoms with E-state index >= 15 is 0 Å². The molecule has 130 valence electrons. The van der Waals surface area contributed by atoms with Gasteiger partial charge < -0.3 is 4.74 Å². The number of aromatic nitrogens is 4. The number of pyridine rings is 2. The number of rotatable bonds is 6. The Morgan fingerprint density at radius 2 is 2.08 bits per heavy atom. The largest absolute Gasteiger partial charge is 0.497 e. The van der Waals surface area contributed by atoms with E-state index < -0.39 is 10.0 Å². The van der Waals surface area contributed by atoms with Crippen LogP contribution in [0.4, 0.5) is 0 Å². The lowest BCUT2D eigenvalue weighted by atomic mass is 10.2. The molecule has 0 unspecified atom stereocenters. The maximum absolute atomic E-state index is 12.4. The highest BCUT2D eigenvalue weighted by Gasteiger charge is 2.18. The quantitative estimate of drug-likeness (QED) is 0.693. The minimum atomic E-state index is -3.68. The molecule has 0 fully saturated rings. The van der Waals surface area contributed by atoms with Gasteiger partial charge in [0.25, 0.3) is 0 Å². The molecule has 3 aromatic heterocycles. The monoisotopic (exact) mass is 359 g/mol. The molecular weight excluding hydrogens is 342 g/mol. The Kier molecular flexibility index (Phi) is 4.77. The van der Waals surface area contributed by atoms with Crippen molar-refractivity contribution in [1.29, 1.82) is 0 Å². The maximum atomic E-state index is 12.4. The number of aromatic amines is 1. The Balaban J connectivity index is 1.87. The fourth-order valence-electron chi connectivity index (χ4n) is 2.27. The summed E-state index contributed by atoms with van der Waals surface area (Å²) < 4.78 is 32.5. The second-order valence-electron chi connectivity index (χ2n) is 5.28. The standard InChI is InChI=1S/C16H17N5O3S/c1-11-16(10-18-21-11)25(22,23)19-9-12-7-13(24-2)8-15(20-12)14-5-3-4-6-17-14/h3-8,10,19H,9H2,1-2H3,(H,18,21). The van der Waals surface area contributed by atoms with Gasteiger partial charge in [-0.05, 0) is 19.1 Å². The maximum Gasteiger partial charge on any atom is 0.244 e. The molecule has 0 amide bonds. The van der Waals surface area contributed by atoms with E-state index in [-0.39, 0.29) is 11.4 Å². The highest BCUT2D eigenvalue weighted by molar-refractivity contribution is 7.89. The molecule has 0 aromatic carbocycles. The van der Waals surface area contributed by atoms with Crippen LogP contribution in [0.15, 0.2) is 47.6 Å². The second kappa shape index (κ2) is 6.99. The first-order valence-corrected chi connectivity index (χ1v) is 8.94. The van der Waals surface area contributed by atoms with Crippen molar-refractivity contribution in [2.45, 2.75) is 18.4 Å². The molecular formula is C16H17N5O3S. The van der Waals surface area contributed by atoms with Crippen LogP contribution in [-0.2, 0) is 16.6 Å². The summed E-state index contributed by atoms with van der Waals surface area (Å²) in [7, 11) is -2.14. The van der Waals surface area contributed by atoms with Crippen LogP contribution in [0.5, 0.6) is 5.75 Å². The summed E-state index contributed by atoms with van der Waals surface area (Å²) in [5, 5.41) is 6.34. The van der Waals surface area contributed by atoms with Crippen LogP contribution in [0.1, 0.15) is 11.4 Å². The van der Waals surface area contributed by atoms with Gasteiger partial charge >= 0.3 is 0 Å². The smallest absolute Gasteiger partial charge is 0.244 e. The average molecular weight is 359 g/mol. The summed E-state index contributed by atoms with van der Waals surface area (Å²) in [6.45, 7) is 1.66. The zero-order valence-electron chi connectivity index (χ0n) is 13.7. The average Bonchev–Trinajstić information content (AvgIpc) is 3.07. The summed E-state index contributed by atoms with van der Waals surface area (Å²) in [6, 6.07) is 8.92. The lowest BCUT2D eigenvalue weighted by Crippen LogP contribution is -2.24. The fraction of sp³-hybridized carbons (Fsp3) is 0.188. The molecule has 0 radical (unpaired) electrons. The van der Waals surface area contributed by atoms with Gasteiger partial charge in [-0.1, -0.05) is 6.07 Å². The third-order valence-corrected chi connectivity index (χ3v) is 5.05. The molecule has 0 aliphatic carbocycles. The summed E-state index contributed by atoms with van der Waals surface area (Å²) in [5.74, 6) is 0.573. The first-order chi connectivity index (χ1) is 12.0. The van der Waals surface area contributed by atoms with E-state index in [0.29, 0.717) is 28.5 Å². The molecule has 0 saturated carbocycles. The van der Waals surface area contributed by atoms with Crippen molar-refractivity contribution in [2.24, 2.45) is 0 Å². The van der Waals surface area contributed by atoms with Crippen LogP contribution in [0.2, 0.25) is 0 Å². The topological polar surface area (TPSA) is 110 Å². The van der Waals surface area contributed by atoms with Crippen molar-refractivity contribution in [1.82, 2.24) is 24.9 Å². The predicted molar refractivity (Wildman–Crippen MR) is 91.4 cm³/mol. The minimum absolute atomic E-state index is 0.0178. The van der Waals surface area contributed by atoms with Crippen LogP contribution < -0.4 is 9.46 Å². The Morgan fingerprint density at radius 3 is 2.72 bits per heavy atom. The number of methoxy groups -OCH3 is 1. The Hall–Kier alpha value is -2.78. The van der Waals surface area contributed by atoms with Gasteiger partial charge in [0.05, 0.1) is 42.6 Å². The third kappa shape index (κ3) is 3.83. The second-order valence-corrected chi connectivity index (χ2v) is 7.02. The van der Waals surface area contributed by atoms with Gasteiger partial charge in [-0.15, -0.1) is 0 Å². The molecule has 0 spiro atoms. The van der Waals surface area contributed by atoms with E-state index in [1.54, 1.807) is 32.4 Å². The van der Waals surface area contributed by atoms with E-state index in [1.807, 2.05) is 18.2 Å². The van der Waals surface area contributed by atoms with Crippen molar-refractivity contribution < 1.29 is 13.2 Å². The van der Waals surface area contributed by atoms with Crippen LogP contribution in [0, 0.1) is 6.92 Å². The fourth-order valence-corrected chi connectivity index (χ4v) is 3.40. The minimum Gasteiger partial charge on any atom is -0.497 e. The van der Waals surface area contributed by atoms with Gasteiger partial charge in [0.1, 0.15) is 10.6 Å². The van der Waals surface area contributed by atoms with Gasteiger partial charge in [-0.3, -0.25) is 10.1 Å². The van der Waals surface area contributed by atoms with Crippen LogP contribution >= 0.6 is 0 Å². The summed E-state index contributed by atoms with van der Waals surface area (Å²) in [4.78, 5) is 8.83. The van der Waals surface area contributed by atoms with Gasteiger partial charge in [-0.25, -0.2) is 18.1 Å². The zero-order chi connectivity index (χ0) is 17.9. The molecule has 3 aromatic rings. The summed E-state index contributed by atoms with van der Waals surface area (Å²) in [6.07, 6.45) is 2.94. The molecule has 0 bridgehead atoms. The third-order valence-electron chi connectivity index (χ3n) is 3.53. The zero-order valence-corrected chi connectivity index (χ0v) is 14.5. The molecule has 9 heteroatoms. The van der Waals surface area contributed by atoms with E-state index in [4.69, 9.17) is 4.74 Å². The van der Waals surface area contributed by atoms with Crippen LogP contribution in [-0.4, -0.2) is 35.7 Å². The molecule has 0 aliphatic heterocycles. The lowest BCUT2D eigenvalue weighted by molar-refractivity contribution is 0.413. The number of nitrogens with zero attached hydrogens (tertiary/aromatic N) is 3. The molecule has 2 N–H and O–H groups in total. The SMILES string of the molecule is COc1cc(CNS(=O)(=O)c2cn[nH]c2C)nc(-c2ccccn2)c1. The number of nitrogens with one attached hydrogen (secondary N) is 2. The molecule has 0 aliphatic rings. The normalized spacial score (nSPS) is 11.4. The number of ether oxygens (including phenoxy) is 1. The number of H-pyrrole nitrogens is 1. The van der Waals surface area contributed by atoms with Crippen molar-refractivity contribution in [3.05, 3.63) is 54.1 Å². The predicted octanol–water partition coefficient (Wildman–Crippen LogP) is 1.66. The van der Waals surface area contributed by atoms with E-state index in [1.165, 1.54) is 6.20 Å². The lowest BCUT2D eigenvalue weighted by Gasteiger charge is -2.09. The van der Waals surface area contributed by atoms with Gasteiger partial charge in [-0.2, -0.15) is 5.10 Å². The first kappa shape index (κ1) is 17.1. The van der Waals surface area contributed by atoms with E-state index in [9.17, 15) is 8.42 Å². The molecule has 0 atom stereocenters. The van der Waals surface area contributed by atoms with Crippen molar-refractivity contribution in [2.75, 3.05) is 7.11 Å². The summed E-state index contributed by atoms with van der Waals surface area (Å²) in [5.41, 5.74) is 2.27. The summed E-state index contributed by atoms with van der Waals surface area (Å²) >= 11 is 0.